The Morgan fingerprint density at radius 1 is 1.43 bits per heavy atom. The third kappa shape index (κ3) is 3.04. The first-order valence-electron chi connectivity index (χ1n) is 7.12. The van der Waals surface area contributed by atoms with E-state index in [1.54, 1.807) is 0 Å². The summed E-state index contributed by atoms with van der Waals surface area (Å²) in [6.45, 7) is 5.42. The lowest BCUT2D eigenvalue weighted by Crippen LogP contribution is -2.22. The summed E-state index contributed by atoms with van der Waals surface area (Å²) in [4.78, 5) is 17.7. The van der Waals surface area contributed by atoms with Crippen molar-refractivity contribution in [2.75, 3.05) is 23.3 Å². The van der Waals surface area contributed by atoms with Gasteiger partial charge in [0, 0.05) is 38.5 Å². The number of carbonyl (C=O) groups is 1. The van der Waals surface area contributed by atoms with Gasteiger partial charge in [-0.1, -0.05) is 0 Å². The molecule has 0 radical (unpaired) electrons. The molecule has 1 aliphatic heterocycles. The Kier molecular flexibility index (Phi) is 3.60. The first-order chi connectivity index (χ1) is 10.1. The van der Waals surface area contributed by atoms with Gasteiger partial charge < -0.3 is 10.2 Å². The van der Waals surface area contributed by atoms with Gasteiger partial charge in [-0.2, -0.15) is 5.10 Å². The average Bonchev–Trinajstić information content (AvgIpc) is 3.06. The molecule has 3 heterocycles. The van der Waals surface area contributed by atoms with Crippen LogP contribution in [0.3, 0.4) is 0 Å². The maximum Gasteiger partial charge on any atom is 0.222 e. The van der Waals surface area contributed by atoms with E-state index in [2.05, 4.69) is 33.3 Å². The van der Waals surface area contributed by atoms with E-state index in [0.29, 0.717) is 11.9 Å². The molecule has 3 rings (SSSR count). The van der Waals surface area contributed by atoms with Crippen LogP contribution in [0.2, 0.25) is 0 Å². The van der Waals surface area contributed by atoms with Crippen LogP contribution >= 0.6 is 0 Å². The van der Waals surface area contributed by atoms with Gasteiger partial charge in [-0.25, -0.2) is 4.98 Å². The molecule has 6 heteroatoms. The summed E-state index contributed by atoms with van der Waals surface area (Å²) < 4.78 is 1.93. The maximum atomic E-state index is 11.0. The molecule has 1 fully saturated rings. The number of aryl methyl sites for hydroxylation is 1. The second-order valence-electron chi connectivity index (χ2n) is 5.44. The predicted octanol–water partition coefficient (Wildman–Crippen LogP) is 2.00. The molecule has 1 atom stereocenters. The van der Waals surface area contributed by atoms with Crippen molar-refractivity contribution in [3.05, 3.63) is 36.2 Å². The van der Waals surface area contributed by atoms with E-state index in [0.717, 1.165) is 25.3 Å². The van der Waals surface area contributed by atoms with Crippen LogP contribution in [0.5, 0.6) is 0 Å². The van der Waals surface area contributed by atoms with Crippen molar-refractivity contribution in [1.29, 1.82) is 0 Å². The van der Waals surface area contributed by atoms with E-state index in [1.165, 1.54) is 12.5 Å². The van der Waals surface area contributed by atoms with Crippen LogP contribution in [0.25, 0.3) is 0 Å². The van der Waals surface area contributed by atoms with Crippen LogP contribution in [-0.4, -0.2) is 33.8 Å². The highest BCUT2D eigenvalue weighted by Crippen LogP contribution is 2.26. The minimum absolute atomic E-state index is 0.0998. The minimum Gasteiger partial charge on any atom is -0.354 e. The monoisotopic (exact) mass is 285 g/mol. The highest BCUT2D eigenvalue weighted by molar-refractivity contribution is 5.87. The third-order valence-electron chi connectivity index (χ3n) is 3.67. The van der Waals surface area contributed by atoms with E-state index >= 15 is 0 Å². The van der Waals surface area contributed by atoms with E-state index in [4.69, 9.17) is 0 Å². The number of hydrogen-bond acceptors (Lipinski definition) is 4. The molecule has 6 nitrogen and oxygen atoms in total. The Balaban J connectivity index is 1.69. The maximum absolute atomic E-state index is 11.0. The summed E-state index contributed by atoms with van der Waals surface area (Å²) in [6, 6.07) is 6.25. The normalized spacial score (nSPS) is 18.0. The van der Waals surface area contributed by atoms with Crippen LogP contribution < -0.4 is 10.2 Å². The Morgan fingerprint density at radius 2 is 2.29 bits per heavy atom. The van der Waals surface area contributed by atoms with Gasteiger partial charge in [-0.05, 0) is 31.0 Å². The van der Waals surface area contributed by atoms with Crippen molar-refractivity contribution in [2.45, 2.75) is 26.3 Å². The number of hydrogen-bond donors (Lipinski definition) is 1. The van der Waals surface area contributed by atoms with Crippen molar-refractivity contribution < 1.29 is 4.79 Å². The molecule has 1 amide bonds. The third-order valence-corrected chi connectivity index (χ3v) is 3.67. The van der Waals surface area contributed by atoms with Gasteiger partial charge in [-0.15, -0.1) is 0 Å². The minimum atomic E-state index is -0.0998. The fourth-order valence-corrected chi connectivity index (χ4v) is 2.65. The summed E-state index contributed by atoms with van der Waals surface area (Å²) in [6.07, 6.45) is 4.79. The fourth-order valence-electron chi connectivity index (χ4n) is 2.65. The van der Waals surface area contributed by atoms with Crippen LogP contribution in [0.4, 0.5) is 11.6 Å². The Labute approximate surface area is 123 Å². The second-order valence-corrected chi connectivity index (χ2v) is 5.44. The summed E-state index contributed by atoms with van der Waals surface area (Å²) in [5, 5.41) is 7.12. The predicted molar refractivity (Wildman–Crippen MR) is 81.4 cm³/mol. The lowest BCUT2D eigenvalue weighted by molar-refractivity contribution is -0.114. The van der Waals surface area contributed by atoms with E-state index in [9.17, 15) is 4.79 Å². The highest BCUT2D eigenvalue weighted by atomic mass is 16.1. The number of nitrogens with zero attached hydrogens (tertiary/aromatic N) is 4. The zero-order chi connectivity index (χ0) is 14.8. The molecule has 1 N–H and O–H groups in total. The van der Waals surface area contributed by atoms with Gasteiger partial charge in [-0.3, -0.25) is 9.48 Å². The number of amides is 1. The molecule has 0 aromatic carbocycles. The molecule has 0 spiro atoms. The Hall–Kier alpha value is -2.37. The van der Waals surface area contributed by atoms with Crippen LogP contribution in [-0.2, 0) is 4.79 Å². The van der Waals surface area contributed by atoms with Crippen molar-refractivity contribution in [3.63, 3.8) is 0 Å². The number of rotatable bonds is 3. The summed E-state index contributed by atoms with van der Waals surface area (Å²) in [5.41, 5.74) is 1.22. The van der Waals surface area contributed by atoms with Gasteiger partial charge in [0.25, 0.3) is 0 Å². The second kappa shape index (κ2) is 5.55. The molecule has 1 aliphatic rings. The van der Waals surface area contributed by atoms with Crippen LogP contribution in [0.1, 0.15) is 24.9 Å². The number of anilines is 2. The van der Waals surface area contributed by atoms with Crippen molar-refractivity contribution in [3.8, 4) is 0 Å². The molecule has 21 heavy (non-hydrogen) atoms. The molecule has 0 aliphatic carbocycles. The smallest absolute Gasteiger partial charge is 0.222 e. The van der Waals surface area contributed by atoms with E-state index in [1.807, 2.05) is 29.2 Å². The Morgan fingerprint density at radius 3 is 3.05 bits per heavy atom. The average molecular weight is 285 g/mol. The van der Waals surface area contributed by atoms with Crippen molar-refractivity contribution >= 4 is 17.5 Å². The molecule has 0 saturated carbocycles. The molecule has 2 aromatic heterocycles. The topological polar surface area (TPSA) is 63.1 Å². The molecular weight excluding hydrogens is 266 g/mol. The molecular formula is C15H19N5O. The first-order valence-corrected chi connectivity index (χ1v) is 7.12. The zero-order valence-corrected chi connectivity index (χ0v) is 12.3. The largest absolute Gasteiger partial charge is 0.354 e. The van der Waals surface area contributed by atoms with E-state index < -0.39 is 0 Å². The number of pyridine rings is 1. The first kappa shape index (κ1) is 13.6. The lowest BCUT2D eigenvalue weighted by Gasteiger charge is -2.17. The van der Waals surface area contributed by atoms with Gasteiger partial charge in [0.15, 0.2) is 5.82 Å². The molecule has 1 saturated heterocycles. The lowest BCUT2D eigenvalue weighted by atomic mass is 10.3. The summed E-state index contributed by atoms with van der Waals surface area (Å²) in [5.74, 6) is 1.53. The standard InChI is InChI=1S/C15H19N5O/c1-11-3-6-16-15(9-11)19-7-4-13(10-19)20-8-5-14(18-20)17-12(2)21/h3,5-6,8-9,13H,4,7,10H2,1-2H3,(H,17,18,21)/t13-/m0/s1. The molecule has 2 aromatic rings. The van der Waals surface area contributed by atoms with Crippen LogP contribution in [0, 0.1) is 6.92 Å². The van der Waals surface area contributed by atoms with Gasteiger partial charge in [0.2, 0.25) is 5.91 Å². The number of aromatic nitrogens is 3. The van der Waals surface area contributed by atoms with Crippen LogP contribution in [0.15, 0.2) is 30.6 Å². The fraction of sp³-hybridized carbons (Fsp3) is 0.400. The van der Waals surface area contributed by atoms with Gasteiger partial charge >= 0.3 is 0 Å². The number of nitrogens with one attached hydrogen (secondary N) is 1. The summed E-state index contributed by atoms with van der Waals surface area (Å²) >= 11 is 0. The molecule has 0 unspecified atom stereocenters. The molecule has 0 bridgehead atoms. The highest BCUT2D eigenvalue weighted by Gasteiger charge is 2.25. The summed E-state index contributed by atoms with van der Waals surface area (Å²) in [7, 11) is 0. The SMILES string of the molecule is CC(=O)Nc1ccn([C@H]2CCN(c3cc(C)ccn3)C2)n1. The zero-order valence-electron chi connectivity index (χ0n) is 12.3. The quantitative estimate of drug-likeness (QED) is 0.937. The number of carbonyl (C=O) groups excluding carboxylic acids is 1. The Bertz CT molecular complexity index is 651. The van der Waals surface area contributed by atoms with E-state index in [-0.39, 0.29) is 5.91 Å². The van der Waals surface area contributed by atoms with Crippen molar-refractivity contribution in [1.82, 2.24) is 14.8 Å². The van der Waals surface area contributed by atoms with Gasteiger partial charge in [0.05, 0.1) is 6.04 Å². The van der Waals surface area contributed by atoms with Crippen molar-refractivity contribution in [2.24, 2.45) is 0 Å². The van der Waals surface area contributed by atoms with Gasteiger partial charge in [0.1, 0.15) is 5.82 Å². The molecule has 110 valence electrons.